The van der Waals surface area contributed by atoms with Gasteiger partial charge in [0.1, 0.15) is 10.8 Å². The Balaban J connectivity index is 3.34. The number of thiazole rings is 1. The molecule has 18 heavy (non-hydrogen) atoms. The van der Waals surface area contributed by atoms with Gasteiger partial charge in [-0.05, 0) is 13.8 Å². The molecule has 0 atom stereocenters. The maximum Gasteiger partial charge on any atom is 0.153 e. The number of sulfone groups is 1. The van der Waals surface area contributed by atoms with E-state index in [1.54, 1.807) is 0 Å². The maximum absolute atomic E-state index is 11.4. The zero-order valence-corrected chi connectivity index (χ0v) is 13.5. The van der Waals surface area contributed by atoms with Gasteiger partial charge >= 0.3 is 0 Å². The lowest BCUT2D eigenvalue weighted by Crippen LogP contribution is -2.31. The van der Waals surface area contributed by atoms with Gasteiger partial charge in [-0.3, -0.25) is 0 Å². The molecule has 1 rings (SSSR count). The van der Waals surface area contributed by atoms with Gasteiger partial charge in [0.05, 0.1) is 5.69 Å². The summed E-state index contributed by atoms with van der Waals surface area (Å²) in [4.78, 5) is 5.46. The van der Waals surface area contributed by atoms with Crippen molar-refractivity contribution in [3.05, 3.63) is 15.6 Å². The van der Waals surface area contributed by atoms with E-state index in [0.717, 1.165) is 10.6 Å². The normalized spacial score (nSPS) is 13.9. The Hall–Kier alpha value is -0.460. The van der Waals surface area contributed by atoms with Crippen LogP contribution in [0, 0.1) is 0 Å². The summed E-state index contributed by atoms with van der Waals surface area (Å²) >= 11 is 1.40. The molecular weight excluding hydrogens is 268 g/mol. The molecule has 0 unspecified atom stereocenters. The molecule has 0 saturated carbocycles. The second kappa shape index (κ2) is 4.58. The lowest BCUT2D eigenvalue weighted by molar-refractivity contribution is 0.511. The van der Waals surface area contributed by atoms with Crippen molar-refractivity contribution in [1.29, 1.82) is 0 Å². The number of rotatable bonds is 3. The third-order valence-corrected chi connectivity index (χ3v) is 4.73. The highest BCUT2D eigenvalue weighted by molar-refractivity contribution is 7.90. The first-order chi connectivity index (χ1) is 7.81. The van der Waals surface area contributed by atoms with Crippen molar-refractivity contribution in [2.45, 2.75) is 51.3 Å². The Kier molecular flexibility index (Phi) is 3.97. The Morgan fingerprint density at radius 3 is 2.00 bits per heavy atom. The Morgan fingerprint density at radius 2 is 1.72 bits per heavy atom. The molecule has 0 amide bonds. The average molecular weight is 290 g/mol. The summed E-state index contributed by atoms with van der Waals surface area (Å²) in [6.07, 6.45) is 1.22. The molecule has 0 fully saturated rings. The van der Waals surface area contributed by atoms with E-state index in [1.165, 1.54) is 17.6 Å². The molecule has 0 aromatic carbocycles. The monoisotopic (exact) mass is 290 g/mol. The van der Waals surface area contributed by atoms with Gasteiger partial charge in [0.25, 0.3) is 0 Å². The minimum atomic E-state index is -3.06. The van der Waals surface area contributed by atoms with E-state index in [2.05, 4.69) is 25.8 Å². The average Bonchev–Trinajstić information content (AvgIpc) is 2.42. The molecule has 2 N–H and O–H groups in total. The topological polar surface area (TPSA) is 73.0 Å². The molecule has 0 radical (unpaired) electrons. The lowest BCUT2D eigenvalue weighted by Gasteiger charge is -2.24. The summed E-state index contributed by atoms with van der Waals surface area (Å²) in [5.74, 6) is -0.0170. The fourth-order valence-corrected chi connectivity index (χ4v) is 4.07. The van der Waals surface area contributed by atoms with Crippen LogP contribution < -0.4 is 5.73 Å². The van der Waals surface area contributed by atoms with Crippen molar-refractivity contribution in [3.8, 4) is 0 Å². The van der Waals surface area contributed by atoms with Crippen LogP contribution in [-0.4, -0.2) is 19.7 Å². The molecule has 0 saturated heterocycles. The van der Waals surface area contributed by atoms with Crippen LogP contribution in [0.4, 0.5) is 0 Å². The predicted octanol–water partition coefficient (Wildman–Crippen LogP) is 2.18. The number of aromatic nitrogens is 1. The van der Waals surface area contributed by atoms with Gasteiger partial charge in [-0.1, -0.05) is 20.8 Å². The Morgan fingerprint density at radius 1 is 1.22 bits per heavy atom. The van der Waals surface area contributed by atoms with Crippen LogP contribution in [0.5, 0.6) is 0 Å². The van der Waals surface area contributed by atoms with Gasteiger partial charge in [-0.15, -0.1) is 11.3 Å². The van der Waals surface area contributed by atoms with E-state index >= 15 is 0 Å². The van der Waals surface area contributed by atoms with E-state index in [4.69, 9.17) is 5.73 Å². The first kappa shape index (κ1) is 15.6. The lowest BCUT2D eigenvalue weighted by atomic mass is 9.87. The molecule has 0 aliphatic heterocycles. The molecule has 1 aromatic rings. The van der Waals surface area contributed by atoms with Gasteiger partial charge in [0.15, 0.2) is 9.84 Å². The smallest absolute Gasteiger partial charge is 0.153 e. The largest absolute Gasteiger partial charge is 0.321 e. The van der Waals surface area contributed by atoms with Crippen LogP contribution in [0.1, 0.15) is 50.2 Å². The maximum atomic E-state index is 11.4. The van der Waals surface area contributed by atoms with Crippen LogP contribution in [0.15, 0.2) is 0 Å². The van der Waals surface area contributed by atoms with Gasteiger partial charge in [-0.25, -0.2) is 13.4 Å². The van der Waals surface area contributed by atoms with E-state index in [1.807, 2.05) is 13.8 Å². The van der Waals surface area contributed by atoms with Crippen molar-refractivity contribution in [2.24, 2.45) is 5.73 Å². The molecule has 0 aliphatic rings. The first-order valence-corrected chi connectivity index (χ1v) is 8.65. The van der Waals surface area contributed by atoms with Crippen LogP contribution in [-0.2, 0) is 26.5 Å². The molecule has 104 valence electrons. The second-order valence-electron chi connectivity index (χ2n) is 6.33. The summed E-state index contributed by atoms with van der Waals surface area (Å²) in [6.45, 7) is 10.0. The number of hydrogen-bond acceptors (Lipinski definition) is 5. The summed E-state index contributed by atoms with van der Waals surface area (Å²) in [7, 11) is -3.06. The molecule has 0 bridgehead atoms. The van der Waals surface area contributed by atoms with Gasteiger partial charge < -0.3 is 5.73 Å². The molecule has 6 heteroatoms. The summed E-state index contributed by atoms with van der Waals surface area (Å²) in [5.41, 5.74) is 6.41. The van der Waals surface area contributed by atoms with Crippen LogP contribution in [0.25, 0.3) is 0 Å². The fourth-order valence-electron chi connectivity index (χ4n) is 1.60. The van der Waals surface area contributed by atoms with Crippen molar-refractivity contribution in [3.63, 3.8) is 0 Å². The van der Waals surface area contributed by atoms with Gasteiger partial charge in [-0.2, -0.15) is 0 Å². The standard InChI is InChI=1S/C12H22N2O2S2/c1-11(2,3)9-10(12(4,5)13)17-8(14-9)7-18(6,15)16/h7,13H2,1-6H3. The summed E-state index contributed by atoms with van der Waals surface area (Å²) in [6, 6.07) is 0. The van der Waals surface area contributed by atoms with Crippen molar-refractivity contribution < 1.29 is 8.42 Å². The minimum absolute atomic E-state index is 0.0170. The molecule has 4 nitrogen and oxygen atoms in total. The summed E-state index contributed by atoms with van der Waals surface area (Å²) < 4.78 is 22.7. The molecule has 1 aromatic heterocycles. The molecule has 0 aliphatic carbocycles. The minimum Gasteiger partial charge on any atom is -0.321 e. The van der Waals surface area contributed by atoms with E-state index in [-0.39, 0.29) is 11.2 Å². The SMILES string of the molecule is CC(C)(C)c1nc(CS(C)(=O)=O)sc1C(C)(C)N. The number of hydrogen-bond donors (Lipinski definition) is 1. The fraction of sp³-hybridized carbons (Fsp3) is 0.750. The third-order valence-electron chi connectivity index (χ3n) is 2.35. The second-order valence-corrected chi connectivity index (χ2v) is 9.55. The van der Waals surface area contributed by atoms with Crippen molar-refractivity contribution in [1.82, 2.24) is 4.98 Å². The Bertz CT molecular complexity index is 500. The van der Waals surface area contributed by atoms with Crippen LogP contribution in [0.2, 0.25) is 0 Å². The quantitative estimate of drug-likeness (QED) is 0.926. The summed E-state index contributed by atoms with van der Waals surface area (Å²) in [5, 5.41) is 0.621. The van der Waals surface area contributed by atoms with Crippen molar-refractivity contribution in [2.75, 3.05) is 6.26 Å². The van der Waals surface area contributed by atoms with Gasteiger partial charge in [0, 0.05) is 22.1 Å². The van der Waals surface area contributed by atoms with E-state index < -0.39 is 15.4 Å². The van der Waals surface area contributed by atoms with E-state index in [9.17, 15) is 8.42 Å². The Labute approximate surface area is 114 Å². The van der Waals surface area contributed by atoms with Crippen LogP contribution in [0.3, 0.4) is 0 Å². The number of nitrogens with zero attached hydrogens (tertiary/aromatic N) is 1. The zero-order chi connectivity index (χ0) is 14.4. The molecule has 0 spiro atoms. The highest BCUT2D eigenvalue weighted by Crippen LogP contribution is 2.35. The third kappa shape index (κ3) is 4.03. The van der Waals surface area contributed by atoms with Crippen LogP contribution >= 0.6 is 11.3 Å². The first-order valence-electron chi connectivity index (χ1n) is 5.78. The predicted molar refractivity (Wildman–Crippen MR) is 76.6 cm³/mol. The highest BCUT2D eigenvalue weighted by atomic mass is 32.2. The number of nitrogens with two attached hydrogens (primary N) is 1. The zero-order valence-electron chi connectivity index (χ0n) is 11.9. The van der Waals surface area contributed by atoms with E-state index in [0.29, 0.717) is 5.01 Å². The molecule has 1 heterocycles. The highest BCUT2D eigenvalue weighted by Gasteiger charge is 2.30. The molecular formula is C12H22N2O2S2. The van der Waals surface area contributed by atoms with Gasteiger partial charge in [0.2, 0.25) is 0 Å². The van der Waals surface area contributed by atoms with Crippen molar-refractivity contribution >= 4 is 21.2 Å².